The largest absolute Gasteiger partial charge is 0.396 e. The van der Waals surface area contributed by atoms with E-state index in [1.165, 1.54) is 12.1 Å². The van der Waals surface area contributed by atoms with Crippen LogP contribution in [0.3, 0.4) is 0 Å². The van der Waals surface area contributed by atoms with Crippen LogP contribution in [-0.2, 0) is 0 Å². The van der Waals surface area contributed by atoms with Gasteiger partial charge in [-0.2, -0.15) is 0 Å². The predicted octanol–water partition coefficient (Wildman–Crippen LogP) is 3.15. The third-order valence-corrected chi connectivity index (χ3v) is 4.38. The highest BCUT2D eigenvalue weighted by atomic mass is 19.1. The lowest BCUT2D eigenvalue weighted by atomic mass is 9.86. The third-order valence-electron chi connectivity index (χ3n) is 4.38. The Bertz CT molecular complexity index is 499. The van der Waals surface area contributed by atoms with Crippen LogP contribution in [0.5, 0.6) is 0 Å². The summed E-state index contributed by atoms with van der Waals surface area (Å²) in [5.74, 6) is 0.00480. The minimum Gasteiger partial charge on any atom is -0.396 e. The van der Waals surface area contributed by atoms with Gasteiger partial charge in [-0.3, -0.25) is 0 Å². The normalized spacial score (nSPS) is 21.9. The lowest BCUT2D eigenvalue weighted by Crippen LogP contribution is -2.42. The van der Waals surface area contributed by atoms with Gasteiger partial charge in [-0.25, -0.2) is 9.18 Å². The van der Waals surface area contributed by atoms with Gasteiger partial charge in [0.1, 0.15) is 5.82 Å². The molecule has 0 saturated heterocycles. The molecule has 0 aliphatic heterocycles. The molecule has 21 heavy (non-hydrogen) atoms. The van der Waals surface area contributed by atoms with E-state index >= 15 is 0 Å². The summed E-state index contributed by atoms with van der Waals surface area (Å²) >= 11 is 0. The number of nitrogens with one attached hydrogen (secondary N) is 1. The molecule has 2 amide bonds. The number of nitrogens with zero attached hydrogens (tertiary/aromatic N) is 1. The van der Waals surface area contributed by atoms with E-state index in [0.29, 0.717) is 11.6 Å². The first kappa shape index (κ1) is 15.8. The summed E-state index contributed by atoms with van der Waals surface area (Å²) in [6, 6.07) is 4.34. The number of aryl methyl sites for hydroxylation is 1. The Labute approximate surface area is 125 Å². The lowest BCUT2D eigenvalue weighted by molar-refractivity contribution is 0.139. The van der Waals surface area contributed by atoms with Gasteiger partial charge in [0.15, 0.2) is 0 Å². The van der Waals surface area contributed by atoms with Gasteiger partial charge in [-0.15, -0.1) is 0 Å². The quantitative estimate of drug-likeness (QED) is 0.899. The molecule has 116 valence electrons. The maximum absolute atomic E-state index is 13.2. The van der Waals surface area contributed by atoms with E-state index in [0.717, 1.165) is 31.2 Å². The van der Waals surface area contributed by atoms with Gasteiger partial charge in [0, 0.05) is 25.4 Å². The van der Waals surface area contributed by atoms with Crippen molar-refractivity contribution in [3.63, 3.8) is 0 Å². The number of rotatable bonds is 3. The number of amides is 2. The number of hydrogen-bond acceptors (Lipinski definition) is 2. The van der Waals surface area contributed by atoms with Gasteiger partial charge in [0.25, 0.3) is 0 Å². The van der Waals surface area contributed by atoms with Crippen LogP contribution in [0.25, 0.3) is 0 Å². The van der Waals surface area contributed by atoms with E-state index in [9.17, 15) is 9.18 Å². The van der Waals surface area contributed by atoms with Gasteiger partial charge in [0.05, 0.1) is 0 Å². The molecule has 0 unspecified atom stereocenters. The molecule has 0 spiro atoms. The summed E-state index contributed by atoms with van der Waals surface area (Å²) in [6.07, 6.45) is 3.68. The monoisotopic (exact) mass is 294 g/mol. The highest BCUT2D eigenvalue weighted by Crippen LogP contribution is 2.27. The second-order valence-electron chi connectivity index (χ2n) is 5.86. The van der Waals surface area contributed by atoms with Crippen molar-refractivity contribution in [2.45, 2.75) is 38.6 Å². The second kappa shape index (κ2) is 6.89. The van der Waals surface area contributed by atoms with Crippen molar-refractivity contribution in [2.24, 2.45) is 5.92 Å². The van der Waals surface area contributed by atoms with Crippen LogP contribution >= 0.6 is 0 Å². The van der Waals surface area contributed by atoms with Gasteiger partial charge < -0.3 is 15.3 Å². The van der Waals surface area contributed by atoms with Gasteiger partial charge in [-0.05, 0) is 56.2 Å². The zero-order chi connectivity index (χ0) is 15.4. The number of carbonyl (C=O) groups excluding carboxylic acids is 1. The standard InChI is InChI=1S/C16H23FN2O2/c1-11-3-6-13(17)9-15(11)18-16(21)19(2)14-7-4-12(10-20)5-8-14/h3,6,9,12,14,20H,4-5,7-8,10H2,1-2H3,(H,18,21). The number of halogens is 1. The molecule has 1 aromatic carbocycles. The van der Waals surface area contributed by atoms with Crippen LogP contribution in [0.4, 0.5) is 14.9 Å². The molecule has 1 aromatic rings. The predicted molar refractivity (Wildman–Crippen MR) is 80.8 cm³/mol. The number of hydrogen-bond donors (Lipinski definition) is 2. The first-order chi connectivity index (χ1) is 10.0. The fraction of sp³-hybridized carbons (Fsp3) is 0.562. The van der Waals surface area contributed by atoms with Crippen molar-refractivity contribution in [3.05, 3.63) is 29.6 Å². The van der Waals surface area contributed by atoms with E-state index in [1.807, 2.05) is 6.92 Å². The summed E-state index contributed by atoms with van der Waals surface area (Å²) in [6.45, 7) is 2.06. The van der Waals surface area contributed by atoms with E-state index in [1.54, 1.807) is 18.0 Å². The van der Waals surface area contributed by atoms with E-state index in [2.05, 4.69) is 5.32 Å². The number of benzene rings is 1. The third kappa shape index (κ3) is 3.94. The smallest absolute Gasteiger partial charge is 0.321 e. The summed E-state index contributed by atoms with van der Waals surface area (Å²) in [7, 11) is 1.77. The molecule has 0 bridgehead atoms. The number of anilines is 1. The molecular formula is C16H23FN2O2. The van der Waals surface area contributed by atoms with Gasteiger partial charge in [0.2, 0.25) is 0 Å². The fourth-order valence-corrected chi connectivity index (χ4v) is 2.81. The molecule has 2 rings (SSSR count). The van der Waals surface area contributed by atoms with Crippen molar-refractivity contribution in [1.82, 2.24) is 4.90 Å². The molecule has 1 saturated carbocycles. The van der Waals surface area contributed by atoms with Crippen LogP contribution < -0.4 is 5.32 Å². The number of aliphatic hydroxyl groups excluding tert-OH is 1. The maximum Gasteiger partial charge on any atom is 0.321 e. The van der Waals surface area contributed by atoms with Gasteiger partial charge in [-0.1, -0.05) is 6.07 Å². The average molecular weight is 294 g/mol. The molecule has 0 heterocycles. The lowest BCUT2D eigenvalue weighted by Gasteiger charge is -2.34. The molecule has 1 fully saturated rings. The van der Waals surface area contributed by atoms with E-state index in [4.69, 9.17) is 5.11 Å². The summed E-state index contributed by atoms with van der Waals surface area (Å²) < 4.78 is 13.2. The number of urea groups is 1. The Morgan fingerprint density at radius 2 is 2.05 bits per heavy atom. The topological polar surface area (TPSA) is 52.6 Å². The molecule has 2 N–H and O–H groups in total. The number of carbonyl (C=O) groups is 1. The Morgan fingerprint density at radius 1 is 1.38 bits per heavy atom. The van der Waals surface area contributed by atoms with Crippen molar-refractivity contribution in [3.8, 4) is 0 Å². The van der Waals surface area contributed by atoms with Crippen LogP contribution in [0.15, 0.2) is 18.2 Å². The second-order valence-corrected chi connectivity index (χ2v) is 5.86. The SMILES string of the molecule is Cc1ccc(F)cc1NC(=O)N(C)C1CCC(CO)CC1. The van der Waals surface area contributed by atoms with Crippen molar-refractivity contribution in [1.29, 1.82) is 0 Å². The molecule has 5 heteroatoms. The zero-order valence-electron chi connectivity index (χ0n) is 12.6. The summed E-state index contributed by atoms with van der Waals surface area (Å²) in [5, 5.41) is 11.9. The highest BCUT2D eigenvalue weighted by molar-refractivity contribution is 5.90. The van der Waals surface area contributed by atoms with Crippen molar-refractivity contribution >= 4 is 11.7 Å². The molecule has 0 atom stereocenters. The molecule has 0 radical (unpaired) electrons. The highest BCUT2D eigenvalue weighted by Gasteiger charge is 2.26. The minimum absolute atomic E-state index is 0.182. The first-order valence-corrected chi connectivity index (χ1v) is 7.42. The Balaban J connectivity index is 1.95. The molecule has 1 aliphatic carbocycles. The van der Waals surface area contributed by atoms with Crippen LogP contribution in [0, 0.1) is 18.7 Å². The van der Waals surface area contributed by atoms with E-state index in [-0.39, 0.29) is 24.5 Å². The van der Waals surface area contributed by atoms with Crippen LogP contribution in [0.2, 0.25) is 0 Å². The Morgan fingerprint density at radius 3 is 2.67 bits per heavy atom. The fourth-order valence-electron chi connectivity index (χ4n) is 2.81. The summed E-state index contributed by atoms with van der Waals surface area (Å²) in [4.78, 5) is 14.0. The molecule has 4 nitrogen and oxygen atoms in total. The van der Waals surface area contributed by atoms with Crippen LogP contribution in [0.1, 0.15) is 31.2 Å². The van der Waals surface area contributed by atoms with Crippen molar-refractivity contribution in [2.75, 3.05) is 19.0 Å². The van der Waals surface area contributed by atoms with Crippen molar-refractivity contribution < 1.29 is 14.3 Å². The number of aliphatic hydroxyl groups is 1. The van der Waals surface area contributed by atoms with Gasteiger partial charge >= 0.3 is 6.03 Å². The molecule has 0 aromatic heterocycles. The minimum atomic E-state index is -0.359. The van der Waals surface area contributed by atoms with Crippen LogP contribution in [-0.4, -0.2) is 35.7 Å². The maximum atomic E-state index is 13.2. The first-order valence-electron chi connectivity index (χ1n) is 7.42. The Hall–Kier alpha value is -1.62. The molecule has 1 aliphatic rings. The molecular weight excluding hydrogens is 271 g/mol. The van der Waals surface area contributed by atoms with E-state index < -0.39 is 0 Å². The summed E-state index contributed by atoms with van der Waals surface area (Å²) in [5.41, 5.74) is 1.35. The Kier molecular flexibility index (Phi) is 5.17. The zero-order valence-corrected chi connectivity index (χ0v) is 12.6. The average Bonchev–Trinajstić information content (AvgIpc) is 2.50.